The summed E-state index contributed by atoms with van der Waals surface area (Å²) in [7, 11) is 0. The number of unbranched alkanes of at least 4 members (excludes halogenated alkanes) is 2. The van der Waals surface area contributed by atoms with E-state index in [1.807, 2.05) is 34.9 Å². The van der Waals surface area contributed by atoms with Crippen molar-refractivity contribution in [2.24, 2.45) is 0 Å². The summed E-state index contributed by atoms with van der Waals surface area (Å²) >= 11 is 0. The topological polar surface area (TPSA) is 68.8 Å². The van der Waals surface area contributed by atoms with E-state index in [1.54, 1.807) is 0 Å². The normalized spacial score (nSPS) is 11.1. The average Bonchev–Trinajstić information content (AvgIpc) is 2.88. The van der Waals surface area contributed by atoms with Crippen molar-refractivity contribution in [3.05, 3.63) is 47.9 Å². The van der Waals surface area contributed by atoms with E-state index in [4.69, 9.17) is 5.73 Å². The van der Waals surface area contributed by atoms with Gasteiger partial charge in [-0.3, -0.25) is 0 Å². The zero-order valence-corrected chi connectivity index (χ0v) is 13.8. The van der Waals surface area contributed by atoms with Crippen molar-refractivity contribution in [1.29, 1.82) is 0 Å². The van der Waals surface area contributed by atoms with Gasteiger partial charge < -0.3 is 15.6 Å². The van der Waals surface area contributed by atoms with E-state index in [9.17, 15) is 4.39 Å². The number of hydrogen-bond donors (Lipinski definition) is 2. The molecular formula is C18H22FN5. The van der Waals surface area contributed by atoms with Crippen LogP contribution < -0.4 is 11.1 Å². The van der Waals surface area contributed by atoms with Gasteiger partial charge in [0.1, 0.15) is 11.0 Å². The molecule has 5 nitrogen and oxygen atoms in total. The van der Waals surface area contributed by atoms with E-state index >= 15 is 0 Å². The summed E-state index contributed by atoms with van der Waals surface area (Å²) in [5, 5.41) is 3.28. The highest BCUT2D eigenvalue weighted by atomic mass is 19.1. The molecule has 0 aliphatic heterocycles. The van der Waals surface area contributed by atoms with Gasteiger partial charge in [-0.1, -0.05) is 50.1 Å². The molecule has 24 heavy (non-hydrogen) atoms. The Bertz CT molecular complexity index is 813. The lowest BCUT2D eigenvalue weighted by Gasteiger charge is -2.11. The van der Waals surface area contributed by atoms with Crippen LogP contribution in [0.3, 0.4) is 0 Å². The summed E-state index contributed by atoms with van der Waals surface area (Å²) in [6.07, 6.45) is 4.77. The Balaban J connectivity index is 1.96. The third-order valence-electron chi connectivity index (χ3n) is 3.95. The SMILES string of the molecule is CCCCCNc1nc(N)nc2c(F)cn(Cc3ccccc3)c12. The number of nitrogens with zero attached hydrogens (tertiary/aromatic N) is 3. The molecule has 1 aromatic carbocycles. The zero-order valence-electron chi connectivity index (χ0n) is 13.8. The van der Waals surface area contributed by atoms with Gasteiger partial charge in [0, 0.05) is 19.3 Å². The Morgan fingerprint density at radius 1 is 1.17 bits per heavy atom. The molecule has 0 radical (unpaired) electrons. The lowest BCUT2D eigenvalue weighted by atomic mass is 10.2. The predicted octanol–water partition coefficient (Wildman–Crippen LogP) is 3.80. The van der Waals surface area contributed by atoms with Crippen molar-refractivity contribution in [1.82, 2.24) is 14.5 Å². The smallest absolute Gasteiger partial charge is 0.222 e. The first kappa shape index (κ1) is 16.2. The third kappa shape index (κ3) is 3.48. The number of anilines is 2. The standard InChI is InChI=1S/C18H22FN5/c1-2-3-7-10-21-17-16-15(22-18(20)23-17)14(19)12-24(16)11-13-8-5-4-6-9-13/h4-6,8-9,12H,2-3,7,10-11H2,1H3,(H3,20,21,22,23). The van der Waals surface area contributed by atoms with Gasteiger partial charge in [-0.25, -0.2) is 9.37 Å². The second kappa shape index (κ2) is 7.29. The first-order chi connectivity index (χ1) is 11.7. The zero-order chi connectivity index (χ0) is 16.9. The van der Waals surface area contributed by atoms with E-state index in [-0.39, 0.29) is 17.3 Å². The second-order valence-electron chi connectivity index (χ2n) is 5.85. The lowest BCUT2D eigenvalue weighted by molar-refractivity contribution is 0.627. The fraction of sp³-hybridized carbons (Fsp3) is 0.333. The lowest BCUT2D eigenvalue weighted by Crippen LogP contribution is -2.09. The maximum Gasteiger partial charge on any atom is 0.222 e. The maximum atomic E-state index is 14.3. The summed E-state index contributed by atoms with van der Waals surface area (Å²) in [5.41, 5.74) is 7.75. The molecule has 0 amide bonds. The van der Waals surface area contributed by atoms with Crippen LogP contribution in [0.2, 0.25) is 0 Å². The van der Waals surface area contributed by atoms with Crippen LogP contribution in [0.25, 0.3) is 11.0 Å². The van der Waals surface area contributed by atoms with Crippen molar-refractivity contribution in [2.45, 2.75) is 32.7 Å². The quantitative estimate of drug-likeness (QED) is 0.648. The van der Waals surface area contributed by atoms with Gasteiger partial charge in [0.25, 0.3) is 0 Å². The van der Waals surface area contributed by atoms with Crippen LogP contribution in [0.1, 0.15) is 31.7 Å². The van der Waals surface area contributed by atoms with Gasteiger partial charge in [-0.05, 0) is 12.0 Å². The van der Waals surface area contributed by atoms with E-state index < -0.39 is 0 Å². The number of halogens is 1. The van der Waals surface area contributed by atoms with Gasteiger partial charge >= 0.3 is 0 Å². The van der Waals surface area contributed by atoms with Crippen molar-refractivity contribution in [3.8, 4) is 0 Å². The fourth-order valence-electron chi connectivity index (χ4n) is 2.78. The van der Waals surface area contributed by atoms with E-state index in [0.29, 0.717) is 17.9 Å². The van der Waals surface area contributed by atoms with Gasteiger partial charge in [-0.15, -0.1) is 0 Å². The summed E-state index contributed by atoms with van der Waals surface area (Å²) in [6, 6.07) is 9.92. The number of hydrogen-bond acceptors (Lipinski definition) is 4. The number of aromatic nitrogens is 3. The van der Waals surface area contributed by atoms with Gasteiger partial charge in [0.2, 0.25) is 5.95 Å². The van der Waals surface area contributed by atoms with Crippen LogP contribution >= 0.6 is 0 Å². The molecule has 126 valence electrons. The average molecular weight is 327 g/mol. The molecule has 3 aromatic rings. The highest BCUT2D eigenvalue weighted by Crippen LogP contribution is 2.26. The third-order valence-corrected chi connectivity index (χ3v) is 3.95. The summed E-state index contributed by atoms with van der Waals surface area (Å²) in [4.78, 5) is 8.36. The maximum absolute atomic E-state index is 14.3. The Labute approximate surface area is 140 Å². The summed E-state index contributed by atoms with van der Waals surface area (Å²) < 4.78 is 16.2. The highest BCUT2D eigenvalue weighted by Gasteiger charge is 2.16. The summed E-state index contributed by atoms with van der Waals surface area (Å²) in [6.45, 7) is 3.48. The molecule has 2 aromatic heterocycles. The van der Waals surface area contributed by atoms with Crippen LogP contribution in [0.4, 0.5) is 16.2 Å². The molecule has 0 aliphatic rings. The molecule has 0 bridgehead atoms. The molecule has 0 fully saturated rings. The Kier molecular flexibility index (Phi) is 4.93. The molecule has 0 saturated carbocycles. The minimum atomic E-state index is -0.383. The van der Waals surface area contributed by atoms with E-state index in [2.05, 4.69) is 22.2 Å². The minimum Gasteiger partial charge on any atom is -0.368 e. The molecule has 0 spiro atoms. The number of rotatable bonds is 7. The van der Waals surface area contributed by atoms with Crippen LogP contribution in [0, 0.1) is 5.82 Å². The van der Waals surface area contributed by atoms with Crippen LogP contribution in [0.5, 0.6) is 0 Å². The number of benzene rings is 1. The summed E-state index contributed by atoms with van der Waals surface area (Å²) in [5.74, 6) is 0.289. The molecular weight excluding hydrogens is 305 g/mol. The van der Waals surface area contributed by atoms with E-state index in [0.717, 1.165) is 31.4 Å². The molecule has 2 heterocycles. The molecule has 6 heteroatoms. The van der Waals surface area contributed by atoms with Crippen molar-refractivity contribution >= 4 is 22.8 Å². The first-order valence-corrected chi connectivity index (χ1v) is 8.28. The highest BCUT2D eigenvalue weighted by molar-refractivity contribution is 5.88. The number of nitrogen functional groups attached to an aromatic ring is 1. The Hall–Kier alpha value is -2.63. The molecule has 0 atom stereocenters. The van der Waals surface area contributed by atoms with E-state index in [1.165, 1.54) is 6.20 Å². The molecule has 3 rings (SSSR count). The number of fused-ring (bicyclic) bond motifs is 1. The number of nitrogens with two attached hydrogens (primary N) is 1. The monoisotopic (exact) mass is 327 g/mol. The number of nitrogens with one attached hydrogen (secondary N) is 1. The second-order valence-corrected chi connectivity index (χ2v) is 5.85. The Morgan fingerprint density at radius 3 is 2.71 bits per heavy atom. The molecule has 3 N–H and O–H groups in total. The largest absolute Gasteiger partial charge is 0.368 e. The van der Waals surface area contributed by atoms with Crippen molar-refractivity contribution in [3.63, 3.8) is 0 Å². The minimum absolute atomic E-state index is 0.0804. The van der Waals surface area contributed by atoms with Gasteiger partial charge in [0.05, 0.1) is 0 Å². The van der Waals surface area contributed by atoms with Crippen molar-refractivity contribution < 1.29 is 4.39 Å². The van der Waals surface area contributed by atoms with Crippen LogP contribution in [-0.4, -0.2) is 21.1 Å². The first-order valence-electron chi connectivity index (χ1n) is 8.28. The van der Waals surface area contributed by atoms with Gasteiger partial charge in [0.15, 0.2) is 11.6 Å². The molecule has 0 unspecified atom stereocenters. The predicted molar refractivity (Wildman–Crippen MR) is 95.5 cm³/mol. The van der Waals surface area contributed by atoms with Crippen LogP contribution in [0.15, 0.2) is 36.5 Å². The molecule has 0 aliphatic carbocycles. The fourth-order valence-corrected chi connectivity index (χ4v) is 2.78. The van der Waals surface area contributed by atoms with Crippen LogP contribution in [-0.2, 0) is 6.54 Å². The Morgan fingerprint density at radius 2 is 1.96 bits per heavy atom. The molecule has 0 saturated heterocycles. The van der Waals surface area contributed by atoms with Crippen molar-refractivity contribution in [2.75, 3.05) is 17.6 Å². The van der Waals surface area contributed by atoms with Gasteiger partial charge in [-0.2, -0.15) is 4.98 Å².